The number of likely N-dealkylation sites (tertiary alicyclic amines) is 1. The molecular formula is C23H27N3OS2. The Balaban J connectivity index is 1.39. The van der Waals surface area contributed by atoms with Gasteiger partial charge < -0.3 is 5.32 Å². The SMILES string of the molecule is O=C(NCc1ccccc1CN1CCCC1)c1ccccc1CSC1=NCCS1. The van der Waals surface area contributed by atoms with Crippen LogP contribution in [-0.4, -0.2) is 40.6 Å². The van der Waals surface area contributed by atoms with Crippen LogP contribution in [0.1, 0.15) is 39.9 Å². The third kappa shape index (κ3) is 5.65. The molecule has 29 heavy (non-hydrogen) atoms. The van der Waals surface area contributed by atoms with Crippen molar-refractivity contribution in [2.24, 2.45) is 4.99 Å². The van der Waals surface area contributed by atoms with Gasteiger partial charge in [-0.2, -0.15) is 0 Å². The number of amides is 1. The van der Waals surface area contributed by atoms with Gasteiger partial charge in [0.2, 0.25) is 0 Å². The quantitative estimate of drug-likeness (QED) is 0.707. The van der Waals surface area contributed by atoms with Gasteiger partial charge >= 0.3 is 0 Å². The van der Waals surface area contributed by atoms with E-state index in [-0.39, 0.29) is 5.91 Å². The van der Waals surface area contributed by atoms with Crippen LogP contribution in [0.25, 0.3) is 0 Å². The second-order valence-electron chi connectivity index (χ2n) is 7.38. The summed E-state index contributed by atoms with van der Waals surface area (Å²) in [6, 6.07) is 16.4. The van der Waals surface area contributed by atoms with Crippen LogP contribution in [0, 0.1) is 0 Å². The van der Waals surface area contributed by atoms with Crippen molar-refractivity contribution < 1.29 is 4.79 Å². The normalized spacial score (nSPS) is 16.8. The number of hydrogen-bond acceptors (Lipinski definition) is 5. The van der Waals surface area contributed by atoms with E-state index in [1.54, 1.807) is 23.5 Å². The Kier molecular flexibility index (Phi) is 7.30. The minimum atomic E-state index is -0.00168. The molecule has 0 saturated carbocycles. The first-order chi connectivity index (χ1) is 14.3. The molecule has 2 aromatic carbocycles. The fraction of sp³-hybridized carbons (Fsp3) is 0.391. The van der Waals surface area contributed by atoms with E-state index < -0.39 is 0 Å². The second kappa shape index (κ2) is 10.3. The summed E-state index contributed by atoms with van der Waals surface area (Å²) in [7, 11) is 0. The third-order valence-corrected chi connectivity index (χ3v) is 7.62. The van der Waals surface area contributed by atoms with Gasteiger partial charge in [-0.1, -0.05) is 66.0 Å². The lowest BCUT2D eigenvalue weighted by molar-refractivity contribution is 0.0950. The average Bonchev–Trinajstić information content (AvgIpc) is 3.46. The smallest absolute Gasteiger partial charge is 0.251 e. The topological polar surface area (TPSA) is 44.7 Å². The first-order valence-electron chi connectivity index (χ1n) is 10.2. The number of thioether (sulfide) groups is 2. The first kappa shape index (κ1) is 20.5. The van der Waals surface area contributed by atoms with Gasteiger partial charge in [-0.3, -0.25) is 14.7 Å². The largest absolute Gasteiger partial charge is 0.348 e. The fourth-order valence-corrected chi connectivity index (χ4v) is 5.76. The summed E-state index contributed by atoms with van der Waals surface area (Å²) in [6.45, 7) is 4.79. The second-order valence-corrected chi connectivity index (χ2v) is 9.68. The van der Waals surface area contributed by atoms with Gasteiger partial charge in [0.25, 0.3) is 5.91 Å². The number of hydrogen-bond donors (Lipinski definition) is 1. The number of carbonyl (C=O) groups is 1. The zero-order chi connectivity index (χ0) is 19.9. The van der Waals surface area contributed by atoms with Gasteiger partial charge in [0.15, 0.2) is 0 Å². The van der Waals surface area contributed by atoms with E-state index in [9.17, 15) is 4.79 Å². The molecule has 2 aromatic rings. The van der Waals surface area contributed by atoms with Gasteiger partial charge in [-0.15, -0.1) is 0 Å². The van der Waals surface area contributed by atoms with Crippen LogP contribution in [0.4, 0.5) is 0 Å². The van der Waals surface area contributed by atoms with Crippen LogP contribution in [0.3, 0.4) is 0 Å². The van der Waals surface area contributed by atoms with Crippen molar-refractivity contribution in [2.75, 3.05) is 25.4 Å². The number of nitrogens with zero attached hydrogens (tertiary/aromatic N) is 2. The molecule has 152 valence electrons. The summed E-state index contributed by atoms with van der Waals surface area (Å²) >= 11 is 3.54. The summed E-state index contributed by atoms with van der Waals surface area (Å²) in [5.74, 6) is 1.85. The molecule has 0 aliphatic carbocycles. The summed E-state index contributed by atoms with van der Waals surface area (Å²) in [5.41, 5.74) is 4.35. The Morgan fingerprint density at radius 1 is 1.03 bits per heavy atom. The third-order valence-electron chi connectivity index (χ3n) is 5.32. The molecule has 2 heterocycles. The van der Waals surface area contributed by atoms with E-state index in [1.807, 2.05) is 24.3 Å². The van der Waals surface area contributed by atoms with E-state index in [4.69, 9.17) is 0 Å². The Hall–Kier alpha value is -1.76. The van der Waals surface area contributed by atoms with Crippen molar-refractivity contribution in [3.05, 3.63) is 70.8 Å². The monoisotopic (exact) mass is 425 g/mol. The summed E-state index contributed by atoms with van der Waals surface area (Å²) in [6.07, 6.45) is 2.58. The first-order valence-corrected chi connectivity index (χ1v) is 12.2. The van der Waals surface area contributed by atoms with Crippen LogP contribution in [0.5, 0.6) is 0 Å². The van der Waals surface area contributed by atoms with Gasteiger partial charge in [-0.05, 0) is 48.7 Å². The van der Waals surface area contributed by atoms with Crippen LogP contribution >= 0.6 is 23.5 Å². The number of nitrogens with one attached hydrogen (secondary N) is 1. The van der Waals surface area contributed by atoms with E-state index in [1.165, 1.54) is 37.1 Å². The lowest BCUT2D eigenvalue weighted by atomic mass is 10.1. The number of carbonyl (C=O) groups excluding carboxylic acids is 1. The Morgan fingerprint density at radius 2 is 1.76 bits per heavy atom. The molecule has 0 radical (unpaired) electrons. The Bertz CT molecular complexity index is 878. The molecule has 0 aromatic heterocycles. The summed E-state index contributed by atoms with van der Waals surface area (Å²) < 4.78 is 1.14. The highest BCUT2D eigenvalue weighted by Gasteiger charge is 2.16. The van der Waals surface area contributed by atoms with Gasteiger partial charge in [0.05, 0.1) is 6.54 Å². The maximum atomic E-state index is 12.9. The molecule has 6 heteroatoms. The predicted molar refractivity (Wildman–Crippen MR) is 125 cm³/mol. The van der Waals surface area contributed by atoms with E-state index in [0.29, 0.717) is 6.54 Å². The molecule has 1 N–H and O–H groups in total. The highest BCUT2D eigenvalue weighted by atomic mass is 32.2. The highest BCUT2D eigenvalue weighted by Crippen LogP contribution is 2.26. The number of aliphatic imine (C=N–C) groups is 1. The Morgan fingerprint density at radius 3 is 2.52 bits per heavy atom. The molecule has 1 fully saturated rings. The maximum absolute atomic E-state index is 12.9. The molecule has 0 bridgehead atoms. The molecule has 4 nitrogen and oxygen atoms in total. The Labute approximate surface area is 181 Å². The zero-order valence-corrected chi connectivity index (χ0v) is 18.2. The molecule has 0 unspecified atom stereocenters. The molecule has 1 amide bonds. The van der Waals surface area contributed by atoms with Crippen molar-refractivity contribution in [3.63, 3.8) is 0 Å². The van der Waals surface area contributed by atoms with Gasteiger partial charge in [0, 0.05) is 30.2 Å². The average molecular weight is 426 g/mol. The maximum Gasteiger partial charge on any atom is 0.251 e. The van der Waals surface area contributed by atoms with Gasteiger partial charge in [-0.25, -0.2) is 0 Å². The summed E-state index contributed by atoms with van der Waals surface area (Å²) in [5, 5.41) is 3.15. The van der Waals surface area contributed by atoms with Crippen LogP contribution in [0.15, 0.2) is 53.5 Å². The van der Waals surface area contributed by atoms with Crippen LogP contribution < -0.4 is 5.32 Å². The van der Waals surface area contributed by atoms with Crippen molar-refractivity contribution in [1.29, 1.82) is 0 Å². The minimum Gasteiger partial charge on any atom is -0.348 e. The predicted octanol–water partition coefficient (Wildman–Crippen LogP) is 4.55. The lowest BCUT2D eigenvalue weighted by Gasteiger charge is -2.18. The van der Waals surface area contributed by atoms with Crippen LogP contribution in [-0.2, 0) is 18.8 Å². The van der Waals surface area contributed by atoms with E-state index >= 15 is 0 Å². The number of benzene rings is 2. The molecule has 0 atom stereocenters. The standard InChI is InChI=1S/C23H27N3OS2/c27-22(21-10-4-3-9-20(21)17-29-23-24-11-14-28-23)25-15-18-7-1-2-8-19(18)16-26-12-5-6-13-26/h1-4,7-10H,5-6,11-17H2,(H,25,27). The van der Waals surface area contributed by atoms with E-state index in [2.05, 4.69) is 39.5 Å². The summed E-state index contributed by atoms with van der Waals surface area (Å²) in [4.78, 5) is 19.9. The fourth-order valence-electron chi connectivity index (χ4n) is 3.75. The minimum absolute atomic E-state index is 0.00168. The van der Waals surface area contributed by atoms with E-state index in [0.717, 1.165) is 40.1 Å². The molecule has 4 rings (SSSR count). The van der Waals surface area contributed by atoms with Crippen LogP contribution in [0.2, 0.25) is 0 Å². The molecule has 1 saturated heterocycles. The molecule has 2 aliphatic rings. The van der Waals surface area contributed by atoms with Crippen molar-refractivity contribution in [1.82, 2.24) is 10.2 Å². The lowest BCUT2D eigenvalue weighted by Crippen LogP contribution is -2.25. The molecule has 0 spiro atoms. The van der Waals surface area contributed by atoms with Crippen molar-refractivity contribution in [3.8, 4) is 0 Å². The zero-order valence-electron chi connectivity index (χ0n) is 16.6. The van der Waals surface area contributed by atoms with Crippen molar-refractivity contribution in [2.45, 2.75) is 31.7 Å². The van der Waals surface area contributed by atoms with Crippen molar-refractivity contribution >= 4 is 33.8 Å². The molecular weight excluding hydrogens is 398 g/mol. The molecule has 2 aliphatic heterocycles. The number of rotatable bonds is 7. The van der Waals surface area contributed by atoms with Gasteiger partial charge in [0.1, 0.15) is 4.38 Å². The highest BCUT2D eigenvalue weighted by molar-refractivity contribution is 8.38.